The predicted molar refractivity (Wildman–Crippen MR) is 111 cm³/mol. The van der Waals surface area contributed by atoms with Crippen LogP contribution in [-0.4, -0.2) is 40.5 Å². The molecule has 3 rings (SSSR count). The van der Waals surface area contributed by atoms with E-state index >= 15 is 0 Å². The lowest BCUT2D eigenvalue weighted by molar-refractivity contribution is 0.0880. The summed E-state index contributed by atoms with van der Waals surface area (Å²) in [5, 5.41) is 4.54. The van der Waals surface area contributed by atoms with Gasteiger partial charge in [0.2, 0.25) is 0 Å². The molecule has 0 aliphatic carbocycles. The molecule has 3 N–H and O–H groups in total. The van der Waals surface area contributed by atoms with E-state index in [1.165, 1.54) is 18.2 Å². The van der Waals surface area contributed by atoms with Gasteiger partial charge in [-0.1, -0.05) is 23.7 Å². The number of alkyl halides is 2. The van der Waals surface area contributed by atoms with Crippen LogP contribution in [0, 0.1) is 5.82 Å². The molecule has 0 spiro atoms. The highest BCUT2D eigenvalue weighted by molar-refractivity contribution is 6.34. The number of carbonyl (C=O) groups excluding carboxylic acids is 3. The van der Waals surface area contributed by atoms with Crippen molar-refractivity contribution in [3.63, 3.8) is 0 Å². The number of nitrogens with one attached hydrogen (secondary N) is 3. The minimum absolute atomic E-state index is 0.00734. The molecule has 3 aromatic rings. The number of amides is 2. The van der Waals surface area contributed by atoms with Crippen LogP contribution in [0.2, 0.25) is 5.02 Å². The third-order valence-corrected chi connectivity index (χ3v) is 4.62. The number of carbonyl (C=O) groups is 3. The van der Waals surface area contributed by atoms with Crippen LogP contribution < -0.4 is 10.6 Å². The third-order valence-electron chi connectivity index (χ3n) is 4.31. The van der Waals surface area contributed by atoms with Gasteiger partial charge in [-0.25, -0.2) is 18.2 Å². The number of benzene rings is 2. The summed E-state index contributed by atoms with van der Waals surface area (Å²) >= 11 is 5.91. The molecule has 7 nitrogen and oxygen atoms in total. The quantitative estimate of drug-likeness (QED) is 0.440. The van der Waals surface area contributed by atoms with E-state index in [9.17, 15) is 27.6 Å². The maximum atomic E-state index is 13.1. The second-order valence-electron chi connectivity index (χ2n) is 6.60. The minimum Gasteiger partial charge on any atom is -0.345 e. The molecule has 0 bridgehead atoms. The van der Waals surface area contributed by atoms with Crippen LogP contribution in [0.25, 0.3) is 0 Å². The zero-order valence-electron chi connectivity index (χ0n) is 16.3. The van der Waals surface area contributed by atoms with Crippen LogP contribution in [0.3, 0.4) is 0 Å². The van der Waals surface area contributed by atoms with Gasteiger partial charge < -0.3 is 15.6 Å². The van der Waals surface area contributed by atoms with Gasteiger partial charge in [0.1, 0.15) is 11.5 Å². The van der Waals surface area contributed by atoms with Crippen LogP contribution >= 0.6 is 11.6 Å². The molecule has 32 heavy (non-hydrogen) atoms. The summed E-state index contributed by atoms with van der Waals surface area (Å²) in [4.78, 5) is 43.0. The molecule has 0 aliphatic rings. The standard InChI is InChI=1S/C21H16ClF3N4O3/c22-15-8-12(23)3-6-14(15)16(30)7-11-1-4-13(5-2-11)29-21(32)19-18(27-10-28-19)20(31)26-9-17(24)25/h1-6,8,10,17H,7,9H2,(H,26,31)(H,27,28)(H,29,32). The van der Waals surface area contributed by atoms with Crippen molar-refractivity contribution in [3.8, 4) is 0 Å². The van der Waals surface area contributed by atoms with Crippen molar-refractivity contribution >= 4 is 34.9 Å². The van der Waals surface area contributed by atoms with Gasteiger partial charge in [0.15, 0.2) is 11.5 Å². The summed E-state index contributed by atoms with van der Waals surface area (Å²) in [5.74, 6) is -2.46. The first kappa shape index (κ1) is 23.0. The Hall–Kier alpha value is -3.66. The van der Waals surface area contributed by atoms with Crippen molar-refractivity contribution in [2.45, 2.75) is 12.8 Å². The summed E-state index contributed by atoms with van der Waals surface area (Å²) in [5.41, 5.74) is 0.665. The average Bonchev–Trinajstić information content (AvgIpc) is 3.23. The first-order chi connectivity index (χ1) is 15.2. The first-order valence-corrected chi connectivity index (χ1v) is 9.60. The van der Waals surface area contributed by atoms with Crippen LogP contribution in [0.4, 0.5) is 18.9 Å². The number of Topliss-reactive ketones (excluding diaryl/α,β-unsaturated/α-hetero) is 1. The third kappa shape index (κ3) is 5.73. The Morgan fingerprint density at radius 2 is 1.78 bits per heavy atom. The predicted octanol–water partition coefficient (Wildman–Crippen LogP) is 3.87. The van der Waals surface area contributed by atoms with E-state index in [4.69, 9.17) is 11.6 Å². The topological polar surface area (TPSA) is 104 Å². The lowest BCUT2D eigenvalue weighted by Crippen LogP contribution is -2.30. The van der Waals surface area contributed by atoms with Crippen LogP contribution in [0.5, 0.6) is 0 Å². The molecule has 166 valence electrons. The van der Waals surface area contributed by atoms with Gasteiger partial charge in [-0.2, -0.15) is 0 Å². The maximum Gasteiger partial charge on any atom is 0.276 e. The number of H-pyrrole nitrogens is 1. The largest absolute Gasteiger partial charge is 0.345 e. The Morgan fingerprint density at radius 1 is 1.06 bits per heavy atom. The molecule has 0 aliphatic heterocycles. The fourth-order valence-corrected chi connectivity index (χ4v) is 3.06. The van der Waals surface area contributed by atoms with Crippen molar-refractivity contribution in [2.75, 3.05) is 11.9 Å². The molecule has 0 saturated heterocycles. The highest BCUT2D eigenvalue weighted by Gasteiger charge is 2.21. The van der Waals surface area contributed by atoms with E-state index in [-0.39, 0.29) is 34.2 Å². The van der Waals surface area contributed by atoms with Gasteiger partial charge in [0.05, 0.1) is 17.9 Å². The first-order valence-electron chi connectivity index (χ1n) is 9.23. The fraction of sp³-hybridized carbons (Fsp3) is 0.143. The SMILES string of the molecule is O=C(Cc1ccc(NC(=O)c2nc[nH]c2C(=O)NCC(F)F)cc1)c1ccc(F)cc1Cl. The van der Waals surface area contributed by atoms with E-state index in [1.54, 1.807) is 12.1 Å². The van der Waals surface area contributed by atoms with Crippen LogP contribution in [-0.2, 0) is 6.42 Å². The number of anilines is 1. The van der Waals surface area contributed by atoms with E-state index in [0.717, 1.165) is 18.5 Å². The van der Waals surface area contributed by atoms with E-state index < -0.39 is 30.6 Å². The number of aromatic nitrogens is 2. The minimum atomic E-state index is -2.73. The molecule has 0 radical (unpaired) electrons. The lowest BCUT2D eigenvalue weighted by atomic mass is 10.0. The Balaban J connectivity index is 1.64. The second kappa shape index (κ2) is 10.1. The summed E-state index contributed by atoms with van der Waals surface area (Å²) in [6.45, 7) is -0.859. The Kier molecular flexibility index (Phi) is 7.26. The molecule has 0 unspecified atom stereocenters. The van der Waals surface area contributed by atoms with Gasteiger partial charge in [0, 0.05) is 17.7 Å². The van der Waals surface area contributed by atoms with Gasteiger partial charge >= 0.3 is 0 Å². The van der Waals surface area contributed by atoms with Gasteiger partial charge in [-0.15, -0.1) is 0 Å². The Bertz CT molecular complexity index is 1150. The zero-order chi connectivity index (χ0) is 23.3. The summed E-state index contributed by atoms with van der Waals surface area (Å²) in [7, 11) is 0. The van der Waals surface area contributed by atoms with Crippen molar-refractivity contribution < 1.29 is 27.6 Å². The number of ketones is 1. The van der Waals surface area contributed by atoms with E-state index in [2.05, 4.69) is 15.3 Å². The van der Waals surface area contributed by atoms with Crippen LogP contribution in [0.15, 0.2) is 48.8 Å². The number of rotatable bonds is 8. The zero-order valence-corrected chi connectivity index (χ0v) is 17.1. The second-order valence-corrected chi connectivity index (χ2v) is 7.01. The van der Waals surface area contributed by atoms with Crippen molar-refractivity contribution in [2.24, 2.45) is 0 Å². The molecule has 11 heteroatoms. The lowest BCUT2D eigenvalue weighted by Gasteiger charge is -2.08. The summed E-state index contributed by atoms with van der Waals surface area (Å²) in [6, 6.07) is 9.80. The number of imidazole rings is 1. The normalized spacial score (nSPS) is 10.8. The monoisotopic (exact) mass is 464 g/mol. The Morgan fingerprint density at radius 3 is 2.44 bits per heavy atom. The van der Waals surface area contributed by atoms with E-state index in [0.29, 0.717) is 11.3 Å². The Labute approximate surface area is 185 Å². The number of aromatic amines is 1. The number of hydrogen-bond donors (Lipinski definition) is 3. The molecule has 2 amide bonds. The maximum absolute atomic E-state index is 13.1. The number of hydrogen-bond acceptors (Lipinski definition) is 4. The summed E-state index contributed by atoms with van der Waals surface area (Å²) < 4.78 is 37.7. The molecule has 0 saturated carbocycles. The van der Waals surface area contributed by atoms with E-state index in [1.807, 2.05) is 5.32 Å². The molecule has 0 fully saturated rings. The molecular formula is C21H16ClF3N4O3. The van der Waals surface area contributed by atoms with Gasteiger partial charge in [-0.3, -0.25) is 14.4 Å². The highest BCUT2D eigenvalue weighted by Crippen LogP contribution is 2.20. The number of nitrogens with zero attached hydrogens (tertiary/aromatic N) is 1. The molecular weight excluding hydrogens is 449 g/mol. The molecule has 2 aromatic carbocycles. The average molecular weight is 465 g/mol. The highest BCUT2D eigenvalue weighted by atomic mass is 35.5. The molecule has 1 heterocycles. The van der Waals surface area contributed by atoms with Crippen molar-refractivity contribution in [1.82, 2.24) is 15.3 Å². The van der Waals surface area contributed by atoms with Crippen molar-refractivity contribution in [1.29, 1.82) is 0 Å². The summed E-state index contributed by atoms with van der Waals surface area (Å²) in [6.07, 6.45) is -1.63. The fourth-order valence-electron chi connectivity index (χ4n) is 2.79. The van der Waals surface area contributed by atoms with Gasteiger partial charge in [-0.05, 0) is 35.9 Å². The molecule has 1 aromatic heterocycles. The van der Waals surface area contributed by atoms with Crippen LogP contribution in [0.1, 0.15) is 36.9 Å². The van der Waals surface area contributed by atoms with Crippen molar-refractivity contribution in [3.05, 3.63) is 82.1 Å². The number of halogens is 4. The molecule has 0 atom stereocenters. The van der Waals surface area contributed by atoms with Gasteiger partial charge in [0.25, 0.3) is 18.2 Å². The smallest absolute Gasteiger partial charge is 0.276 e.